The van der Waals surface area contributed by atoms with E-state index in [1.54, 1.807) is 18.2 Å². The average Bonchev–Trinajstić information content (AvgIpc) is 3.07. The van der Waals surface area contributed by atoms with E-state index < -0.39 is 15.8 Å². The van der Waals surface area contributed by atoms with Crippen LogP contribution in [-0.4, -0.2) is 42.1 Å². The Morgan fingerprint density at radius 3 is 2.60 bits per heavy atom. The van der Waals surface area contributed by atoms with Gasteiger partial charge in [-0.05, 0) is 25.0 Å². The number of rotatable bonds is 3. The van der Waals surface area contributed by atoms with Crippen molar-refractivity contribution in [2.75, 3.05) is 20.2 Å². The molecule has 0 radical (unpaired) electrons. The maximum Gasteiger partial charge on any atom is 0.321 e. The Balaban J connectivity index is 2.23. The first-order chi connectivity index (χ1) is 9.54. The maximum absolute atomic E-state index is 12.5. The summed E-state index contributed by atoms with van der Waals surface area (Å²) in [5.74, 6) is 0.502. The standard InChI is InChI=1S/C12H15N3O4S/c1-19-9-4-5-10-11(8-9)15(13-12(10)16)20(17,18)14-6-2-3-7-14/h4-5,8H,2-3,6-7H2,1H3,(H,13,16). The first-order valence-corrected chi connectivity index (χ1v) is 7.73. The molecule has 108 valence electrons. The molecule has 1 fully saturated rings. The van der Waals surface area contributed by atoms with Gasteiger partial charge in [-0.15, -0.1) is 0 Å². The number of methoxy groups -OCH3 is 1. The minimum absolute atomic E-state index is 0.307. The summed E-state index contributed by atoms with van der Waals surface area (Å²) in [6.45, 7) is 0.960. The number of aromatic nitrogens is 2. The minimum atomic E-state index is -3.73. The van der Waals surface area contributed by atoms with Crippen molar-refractivity contribution in [2.24, 2.45) is 0 Å². The molecule has 3 rings (SSSR count). The second-order valence-electron chi connectivity index (χ2n) is 4.70. The molecular formula is C12H15N3O4S. The van der Waals surface area contributed by atoms with Gasteiger partial charge in [0.2, 0.25) is 0 Å². The van der Waals surface area contributed by atoms with Crippen LogP contribution in [0.1, 0.15) is 12.8 Å². The van der Waals surface area contributed by atoms with Crippen LogP contribution in [0.3, 0.4) is 0 Å². The van der Waals surface area contributed by atoms with Gasteiger partial charge in [0.15, 0.2) is 0 Å². The molecule has 2 aromatic rings. The number of aromatic amines is 1. The highest BCUT2D eigenvalue weighted by atomic mass is 32.2. The molecule has 7 nitrogen and oxygen atoms in total. The van der Waals surface area contributed by atoms with Gasteiger partial charge in [-0.25, -0.2) is 5.10 Å². The molecule has 1 N–H and O–H groups in total. The third-order valence-corrected chi connectivity index (χ3v) is 5.26. The predicted octanol–water partition coefficient (Wildman–Crippen LogP) is 0.527. The first-order valence-electron chi connectivity index (χ1n) is 6.33. The number of ether oxygens (including phenoxy) is 1. The Kier molecular flexibility index (Phi) is 3.06. The molecule has 0 spiro atoms. The number of nitrogens with one attached hydrogen (secondary N) is 1. The van der Waals surface area contributed by atoms with Crippen molar-refractivity contribution in [3.05, 3.63) is 28.6 Å². The van der Waals surface area contributed by atoms with E-state index in [2.05, 4.69) is 5.10 Å². The zero-order chi connectivity index (χ0) is 14.3. The topological polar surface area (TPSA) is 84.4 Å². The largest absolute Gasteiger partial charge is 0.497 e. The summed E-state index contributed by atoms with van der Waals surface area (Å²) >= 11 is 0. The Bertz CT molecular complexity index is 800. The fourth-order valence-corrected chi connectivity index (χ4v) is 3.98. The lowest BCUT2D eigenvalue weighted by atomic mass is 10.2. The summed E-state index contributed by atoms with van der Waals surface area (Å²) in [7, 11) is -2.24. The van der Waals surface area contributed by atoms with E-state index in [0.717, 1.165) is 16.9 Å². The van der Waals surface area contributed by atoms with Gasteiger partial charge in [-0.1, -0.05) is 0 Å². The minimum Gasteiger partial charge on any atom is -0.497 e. The monoisotopic (exact) mass is 297 g/mol. The summed E-state index contributed by atoms with van der Waals surface area (Å²) in [4.78, 5) is 11.9. The van der Waals surface area contributed by atoms with Crippen molar-refractivity contribution in [1.29, 1.82) is 0 Å². The molecule has 1 saturated heterocycles. The molecule has 20 heavy (non-hydrogen) atoms. The van der Waals surface area contributed by atoms with E-state index in [9.17, 15) is 13.2 Å². The number of hydrogen-bond acceptors (Lipinski definition) is 4. The second-order valence-corrected chi connectivity index (χ2v) is 6.48. The molecule has 2 heterocycles. The van der Waals surface area contributed by atoms with Gasteiger partial charge in [0, 0.05) is 19.2 Å². The van der Waals surface area contributed by atoms with Gasteiger partial charge in [-0.2, -0.15) is 16.8 Å². The lowest BCUT2D eigenvalue weighted by molar-refractivity contribution is 0.415. The quantitative estimate of drug-likeness (QED) is 0.895. The summed E-state index contributed by atoms with van der Waals surface area (Å²) < 4.78 is 32.5. The summed E-state index contributed by atoms with van der Waals surface area (Å²) in [6.07, 6.45) is 1.68. The molecule has 0 atom stereocenters. The average molecular weight is 297 g/mol. The molecule has 8 heteroatoms. The normalized spacial score (nSPS) is 16.9. The number of fused-ring (bicyclic) bond motifs is 1. The second kappa shape index (κ2) is 4.64. The van der Waals surface area contributed by atoms with Crippen molar-refractivity contribution >= 4 is 21.1 Å². The fraction of sp³-hybridized carbons (Fsp3) is 0.417. The van der Waals surface area contributed by atoms with Crippen molar-refractivity contribution in [3.63, 3.8) is 0 Å². The van der Waals surface area contributed by atoms with E-state index in [1.807, 2.05) is 0 Å². The highest BCUT2D eigenvalue weighted by Crippen LogP contribution is 2.22. The number of H-pyrrole nitrogens is 1. The van der Waals surface area contributed by atoms with E-state index in [4.69, 9.17) is 4.74 Å². The van der Waals surface area contributed by atoms with Gasteiger partial charge in [0.25, 0.3) is 5.56 Å². The van der Waals surface area contributed by atoms with Crippen LogP contribution >= 0.6 is 0 Å². The lowest BCUT2D eigenvalue weighted by Gasteiger charge is -2.16. The molecular weight excluding hydrogens is 282 g/mol. The zero-order valence-electron chi connectivity index (χ0n) is 11.0. The van der Waals surface area contributed by atoms with Crippen molar-refractivity contribution in [2.45, 2.75) is 12.8 Å². The molecule has 0 unspecified atom stereocenters. The van der Waals surface area contributed by atoms with Crippen LogP contribution in [0.15, 0.2) is 23.0 Å². The molecule has 1 aliphatic rings. The Morgan fingerprint density at radius 2 is 1.95 bits per heavy atom. The first kappa shape index (κ1) is 13.2. The molecule has 0 aliphatic carbocycles. The third kappa shape index (κ3) is 1.92. The summed E-state index contributed by atoms with van der Waals surface area (Å²) in [6, 6.07) is 4.73. The van der Waals surface area contributed by atoms with E-state index in [1.165, 1.54) is 11.4 Å². The smallest absolute Gasteiger partial charge is 0.321 e. The van der Waals surface area contributed by atoms with Crippen LogP contribution in [-0.2, 0) is 10.2 Å². The van der Waals surface area contributed by atoms with Crippen LogP contribution in [0.2, 0.25) is 0 Å². The zero-order valence-corrected chi connectivity index (χ0v) is 11.8. The predicted molar refractivity (Wildman–Crippen MR) is 74.2 cm³/mol. The van der Waals surface area contributed by atoms with Crippen molar-refractivity contribution < 1.29 is 13.2 Å². The van der Waals surface area contributed by atoms with Crippen molar-refractivity contribution in [1.82, 2.24) is 13.5 Å². The van der Waals surface area contributed by atoms with E-state index >= 15 is 0 Å². The Labute approximate surface area is 115 Å². The van der Waals surface area contributed by atoms with Gasteiger partial charge < -0.3 is 4.74 Å². The van der Waals surface area contributed by atoms with Gasteiger partial charge in [-0.3, -0.25) is 4.79 Å². The fourth-order valence-electron chi connectivity index (χ4n) is 2.43. The van der Waals surface area contributed by atoms with Crippen molar-refractivity contribution in [3.8, 4) is 5.75 Å². The SMILES string of the molecule is COc1ccc2c(=O)[nH]n(S(=O)(=O)N3CCCC3)c2c1. The highest BCUT2D eigenvalue weighted by molar-refractivity contribution is 7.87. The Morgan fingerprint density at radius 1 is 1.25 bits per heavy atom. The van der Waals surface area contributed by atoms with E-state index in [0.29, 0.717) is 29.7 Å². The third-order valence-electron chi connectivity index (χ3n) is 3.49. The molecule has 1 aliphatic heterocycles. The maximum atomic E-state index is 12.5. The molecule has 1 aromatic carbocycles. The van der Waals surface area contributed by atoms with Crippen LogP contribution in [0.5, 0.6) is 5.75 Å². The van der Waals surface area contributed by atoms with E-state index in [-0.39, 0.29) is 0 Å². The summed E-state index contributed by atoms with van der Waals surface area (Å²) in [5.41, 5.74) is -0.119. The van der Waals surface area contributed by atoms with Gasteiger partial charge in [0.05, 0.1) is 18.0 Å². The van der Waals surface area contributed by atoms with Gasteiger partial charge in [0.1, 0.15) is 5.75 Å². The van der Waals surface area contributed by atoms with Crippen LogP contribution in [0.25, 0.3) is 10.9 Å². The molecule has 0 bridgehead atoms. The molecule has 0 saturated carbocycles. The summed E-state index contributed by atoms with van der Waals surface area (Å²) in [5, 5.41) is 2.72. The Hall–Kier alpha value is -1.80. The van der Waals surface area contributed by atoms with Gasteiger partial charge >= 0.3 is 10.2 Å². The number of benzene rings is 1. The van der Waals surface area contributed by atoms with Crippen LogP contribution in [0.4, 0.5) is 0 Å². The highest BCUT2D eigenvalue weighted by Gasteiger charge is 2.29. The lowest BCUT2D eigenvalue weighted by Crippen LogP contribution is -2.34. The molecule has 0 amide bonds. The molecule has 1 aromatic heterocycles. The number of hydrogen-bond donors (Lipinski definition) is 1. The van der Waals surface area contributed by atoms with Crippen LogP contribution in [0, 0.1) is 0 Å². The van der Waals surface area contributed by atoms with Crippen LogP contribution < -0.4 is 10.3 Å². The number of nitrogens with zero attached hydrogens (tertiary/aromatic N) is 2.